The lowest BCUT2D eigenvalue weighted by Crippen LogP contribution is -2.42. The Morgan fingerprint density at radius 2 is 2.00 bits per heavy atom. The van der Waals surface area contributed by atoms with Crippen molar-refractivity contribution in [1.82, 2.24) is 10.6 Å². The highest BCUT2D eigenvalue weighted by atomic mass is 127. The van der Waals surface area contributed by atoms with Gasteiger partial charge in [-0.2, -0.15) is 0 Å². The average molecular weight is 426 g/mol. The van der Waals surface area contributed by atoms with E-state index in [2.05, 4.69) is 27.8 Å². The molecule has 0 bridgehead atoms. The molecule has 20 heavy (non-hydrogen) atoms. The van der Waals surface area contributed by atoms with Crippen LogP contribution in [0.4, 0.5) is 0 Å². The fourth-order valence-electron chi connectivity index (χ4n) is 1.97. The summed E-state index contributed by atoms with van der Waals surface area (Å²) in [7, 11) is 1.77. The van der Waals surface area contributed by atoms with Crippen molar-refractivity contribution >= 4 is 53.1 Å². The maximum absolute atomic E-state index is 6.13. The maximum Gasteiger partial charge on any atom is 0.191 e. The molecule has 1 aromatic rings. The summed E-state index contributed by atoms with van der Waals surface area (Å²) in [5.74, 6) is 0.791. The van der Waals surface area contributed by atoms with Crippen LogP contribution in [0.3, 0.4) is 0 Å². The highest BCUT2D eigenvalue weighted by Crippen LogP contribution is 2.20. The zero-order valence-electron chi connectivity index (χ0n) is 11.2. The molecule has 2 rings (SSSR count). The number of guanidine groups is 1. The molecule has 0 radical (unpaired) electrons. The second-order valence-corrected chi connectivity index (χ2v) is 5.29. The molecule has 0 saturated heterocycles. The van der Waals surface area contributed by atoms with Gasteiger partial charge in [-0.05, 0) is 30.5 Å². The molecule has 110 valence electrons. The molecule has 0 spiro atoms. The Balaban J connectivity index is 0.00000200. The van der Waals surface area contributed by atoms with Gasteiger partial charge >= 0.3 is 0 Å². The van der Waals surface area contributed by atoms with E-state index in [1.807, 2.05) is 12.1 Å². The zero-order chi connectivity index (χ0) is 13.7. The third-order valence-corrected chi connectivity index (χ3v) is 3.62. The van der Waals surface area contributed by atoms with Gasteiger partial charge in [0.25, 0.3) is 0 Å². The van der Waals surface area contributed by atoms with Crippen molar-refractivity contribution in [3.05, 3.63) is 46.0 Å². The van der Waals surface area contributed by atoms with Crippen LogP contribution in [0.2, 0.25) is 10.0 Å². The third kappa shape index (κ3) is 5.14. The number of hydrogen-bond donors (Lipinski definition) is 2. The Morgan fingerprint density at radius 3 is 2.60 bits per heavy atom. The predicted octanol–water partition coefficient (Wildman–Crippen LogP) is 4.00. The molecule has 2 N–H and O–H groups in total. The molecule has 6 heteroatoms. The minimum absolute atomic E-state index is 0. The van der Waals surface area contributed by atoms with Gasteiger partial charge in [-0.15, -0.1) is 24.0 Å². The van der Waals surface area contributed by atoms with Crippen molar-refractivity contribution in [2.75, 3.05) is 7.05 Å². The average Bonchev–Trinajstić information content (AvgIpc) is 2.89. The summed E-state index contributed by atoms with van der Waals surface area (Å²) in [5, 5.41) is 7.94. The number of rotatable bonds is 3. The maximum atomic E-state index is 6.13. The molecule has 0 aromatic heterocycles. The molecular formula is C14H18Cl2IN3. The van der Waals surface area contributed by atoms with Crippen molar-refractivity contribution in [3.8, 4) is 0 Å². The van der Waals surface area contributed by atoms with E-state index in [1.165, 1.54) is 0 Å². The van der Waals surface area contributed by atoms with Crippen LogP contribution in [0.5, 0.6) is 0 Å². The Labute approximate surface area is 146 Å². The van der Waals surface area contributed by atoms with Gasteiger partial charge in [-0.1, -0.05) is 41.4 Å². The van der Waals surface area contributed by atoms with E-state index in [-0.39, 0.29) is 24.0 Å². The Hall–Kier alpha value is -0.460. The van der Waals surface area contributed by atoms with E-state index >= 15 is 0 Å². The minimum Gasteiger partial charge on any atom is -0.353 e. The van der Waals surface area contributed by atoms with Gasteiger partial charge in [-0.3, -0.25) is 4.99 Å². The Morgan fingerprint density at radius 1 is 1.30 bits per heavy atom. The van der Waals surface area contributed by atoms with Crippen LogP contribution in [-0.2, 0) is 6.54 Å². The minimum atomic E-state index is 0. The molecule has 1 aromatic carbocycles. The highest BCUT2D eigenvalue weighted by molar-refractivity contribution is 14.0. The van der Waals surface area contributed by atoms with E-state index in [0.29, 0.717) is 22.6 Å². The second kappa shape index (κ2) is 8.74. The van der Waals surface area contributed by atoms with Gasteiger partial charge in [0.05, 0.1) is 0 Å². The van der Waals surface area contributed by atoms with Crippen molar-refractivity contribution in [1.29, 1.82) is 0 Å². The first-order valence-corrected chi connectivity index (χ1v) is 7.00. The lowest BCUT2D eigenvalue weighted by molar-refractivity contribution is 0.633. The quantitative estimate of drug-likeness (QED) is 0.332. The fraction of sp³-hybridized carbons (Fsp3) is 0.357. The first-order valence-electron chi connectivity index (χ1n) is 6.25. The van der Waals surface area contributed by atoms with Gasteiger partial charge < -0.3 is 10.6 Å². The van der Waals surface area contributed by atoms with Gasteiger partial charge in [0.2, 0.25) is 0 Å². The van der Waals surface area contributed by atoms with Crippen LogP contribution in [0.1, 0.15) is 18.4 Å². The summed E-state index contributed by atoms with van der Waals surface area (Å²) >= 11 is 12.0. The Bertz CT molecular complexity index is 495. The normalized spacial score (nSPS) is 15.1. The number of halogens is 3. The van der Waals surface area contributed by atoms with E-state index in [4.69, 9.17) is 23.2 Å². The first-order chi connectivity index (χ1) is 9.19. The SMILES string of the molecule is CN=C(NCc1ccc(Cl)cc1Cl)NC1CC=CC1.I. The molecule has 0 amide bonds. The van der Waals surface area contributed by atoms with Crippen LogP contribution in [0, 0.1) is 0 Å². The van der Waals surface area contributed by atoms with Crippen molar-refractivity contribution in [3.63, 3.8) is 0 Å². The number of nitrogens with zero attached hydrogens (tertiary/aromatic N) is 1. The summed E-state index contributed by atoms with van der Waals surface area (Å²) in [6, 6.07) is 5.94. The summed E-state index contributed by atoms with van der Waals surface area (Å²) in [6.45, 7) is 0.621. The number of nitrogens with one attached hydrogen (secondary N) is 2. The fourth-order valence-corrected chi connectivity index (χ4v) is 2.44. The molecular weight excluding hydrogens is 408 g/mol. The number of benzene rings is 1. The van der Waals surface area contributed by atoms with Crippen molar-refractivity contribution in [2.45, 2.75) is 25.4 Å². The molecule has 0 heterocycles. The predicted molar refractivity (Wildman–Crippen MR) is 97.4 cm³/mol. The molecule has 1 aliphatic rings. The highest BCUT2D eigenvalue weighted by Gasteiger charge is 2.11. The van der Waals surface area contributed by atoms with Crippen LogP contribution in [-0.4, -0.2) is 19.0 Å². The monoisotopic (exact) mass is 425 g/mol. The van der Waals surface area contributed by atoms with E-state index < -0.39 is 0 Å². The first kappa shape index (κ1) is 17.6. The van der Waals surface area contributed by atoms with Crippen LogP contribution in [0.25, 0.3) is 0 Å². The van der Waals surface area contributed by atoms with Crippen LogP contribution < -0.4 is 10.6 Å². The van der Waals surface area contributed by atoms with Crippen LogP contribution in [0.15, 0.2) is 35.3 Å². The molecule has 0 saturated carbocycles. The standard InChI is InChI=1S/C14H17Cl2N3.HI/c1-17-14(19-12-4-2-3-5-12)18-9-10-6-7-11(15)8-13(10)16;/h2-3,6-8,12H,4-5,9H2,1H3,(H2,17,18,19);1H. The zero-order valence-corrected chi connectivity index (χ0v) is 15.0. The van der Waals surface area contributed by atoms with Gasteiger partial charge in [0, 0.05) is 29.7 Å². The van der Waals surface area contributed by atoms with Crippen molar-refractivity contribution < 1.29 is 0 Å². The molecule has 0 fully saturated rings. The largest absolute Gasteiger partial charge is 0.353 e. The molecule has 3 nitrogen and oxygen atoms in total. The van der Waals surface area contributed by atoms with Crippen LogP contribution >= 0.6 is 47.2 Å². The lowest BCUT2D eigenvalue weighted by Gasteiger charge is -2.17. The number of hydrogen-bond acceptors (Lipinski definition) is 1. The van der Waals surface area contributed by atoms with Gasteiger partial charge in [0.1, 0.15) is 0 Å². The van der Waals surface area contributed by atoms with Gasteiger partial charge in [0.15, 0.2) is 5.96 Å². The smallest absolute Gasteiger partial charge is 0.191 e. The van der Waals surface area contributed by atoms with Crippen molar-refractivity contribution in [2.24, 2.45) is 4.99 Å². The summed E-state index contributed by atoms with van der Waals surface area (Å²) in [4.78, 5) is 4.21. The molecule has 0 aliphatic heterocycles. The molecule has 0 atom stereocenters. The summed E-state index contributed by atoms with van der Waals surface area (Å²) in [6.07, 6.45) is 6.45. The van der Waals surface area contributed by atoms with E-state index in [9.17, 15) is 0 Å². The molecule has 1 aliphatic carbocycles. The topological polar surface area (TPSA) is 36.4 Å². The van der Waals surface area contributed by atoms with E-state index in [1.54, 1.807) is 13.1 Å². The second-order valence-electron chi connectivity index (χ2n) is 4.45. The lowest BCUT2D eigenvalue weighted by atomic mass is 10.2. The Kier molecular flexibility index (Phi) is 7.69. The third-order valence-electron chi connectivity index (χ3n) is 3.03. The summed E-state index contributed by atoms with van der Waals surface area (Å²) in [5.41, 5.74) is 0.999. The van der Waals surface area contributed by atoms with Gasteiger partial charge in [-0.25, -0.2) is 0 Å². The molecule has 0 unspecified atom stereocenters. The van der Waals surface area contributed by atoms with E-state index in [0.717, 1.165) is 24.4 Å². The summed E-state index contributed by atoms with van der Waals surface area (Å²) < 4.78 is 0. The number of aliphatic imine (C=N–C) groups is 1.